The molecule has 1 aliphatic heterocycles. The highest BCUT2D eigenvalue weighted by Crippen LogP contribution is 2.63. The molecule has 4 fully saturated rings. The van der Waals surface area contributed by atoms with E-state index >= 15 is 0 Å². The number of carbonyl (C=O) groups is 2. The van der Waals surface area contributed by atoms with Crippen molar-refractivity contribution < 1.29 is 9.59 Å². The number of piperidine rings is 1. The van der Waals surface area contributed by atoms with Crippen molar-refractivity contribution in [3.63, 3.8) is 0 Å². The van der Waals surface area contributed by atoms with Crippen LogP contribution in [0.25, 0.3) is 0 Å². The molecule has 1 amide bonds. The molecule has 0 spiro atoms. The first-order chi connectivity index (χ1) is 10.4. The van der Waals surface area contributed by atoms with Gasteiger partial charge in [0.2, 0.25) is 5.91 Å². The Morgan fingerprint density at radius 2 is 1.73 bits per heavy atom. The van der Waals surface area contributed by atoms with Crippen LogP contribution in [-0.4, -0.2) is 29.7 Å². The summed E-state index contributed by atoms with van der Waals surface area (Å²) in [6, 6.07) is 0.427. The lowest BCUT2D eigenvalue weighted by molar-refractivity contribution is -0.158. The van der Waals surface area contributed by atoms with E-state index < -0.39 is 0 Å². The Labute approximate surface area is 133 Å². The van der Waals surface area contributed by atoms with Crippen LogP contribution in [0.4, 0.5) is 0 Å². The number of carbonyl (C=O) groups excluding carboxylic acids is 2. The average molecular weight is 303 g/mol. The Hall–Kier alpha value is -0.860. The van der Waals surface area contributed by atoms with Gasteiger partial charge in [-0.25, -0.2) is 0 Å². The van der Waals surface area contributed by atoms with Crippen molar-refractivity contribution in [2.75, 3.05) is 7.05 Å². The van der Waals surface area contributed by atoms with Gasteiger partial charge in [0.25, 0.3) is 0 Å². The first-order valence-corrected chi connectivity index (χ1v) is 9.17. The molecule has 1 saturated heterocycles. The van der Waals surface area contributed by atoms with Crippen LogP contribution in [0.5, 0.6) is 0 Å². The first-order valence-electron chi connectivity index (χ1n) is 9.17. The fourth-order valence-corrected chi connectivity index (χ4v) is 6.92. The Morgan fingerprint density at radius 1 is 0.955 bits per heavy atom. The molecule has 0 aromatic carbocycles. The van der Waals surface area contributed by atoms with E-state index in [4.69, 9.17) is 0 Å². The van der Waals surface area contributed by atoms with Crippen LogP contribution in [0.15, 0.2) is 0 Å². The molecule has 0 radical (unpaired) electrons. The summed E-state index contributed by atoms with van der Waals surface area (Å²) < 4.78 is 0. The lowest BCUT2D eigenvalue weighted by atomic mass is 9.47. The van der Waals surface area contributed by atoms with Crippen LogP contribution >= 0.6 is 0 Å². The van der Waals surface area contributed by atoms with Gasteiger partial charge in [-0.2, -0.15) is 0 Å². The summed E-state index contributed by atoms with van der Waals surface area (Å²) in [5, 5.41) is 0. The highest BCUT2D eigenvalue weighted by Gasteiger charge is 2.61. The third-order valence-corrected chi connectivity index (χ3v) is 8.27. The van der Waals surface area contributed by atoms with Gasteiger partial charge in [0.05, 0.1) is 0 Å². The molecule has 1 heterocycles. The molecule has 4 aliphatic rings. The monoisotopic (exact) mass is 303 g/mol. The van der Waals surface area contributed by atoms with E-state index in [1.54, 1.807) is 0 Å². The molecular weight excluding hydrogens is 274 g/mol. The van der Waals surface area contributed by atoms with Crippen LogP contribution in [-0.2, 0) is 9.59 Å². The largest absolute Gasteiger partial charge is 0.342 e. The summed E-state index contributed by atoms with van der Waals surface area (Å²) in [5.41, 5.74) is 0.249. The average Bonchev–Trinajstić information content (AvgIpc) is 2.79. The number of hydrogen-bond donors (Lipinski definition) is 0. The maximum atomic E-state index is 12.4. The zero-order chi connectivity index (χ0) is 15.7. The van der Waals surface area contributed by atoms with Crippen LogP contribution in [0, 0.1) is 28.6 Å². The van der Waals surface area contributed by atoms with Gasteiger partial charge in [0, 0.05) is 31.3 Å². The number of ketones is 1. The SMILES string of the molecule is CN1C(=O)CC[C@]2(C)[C@H]3CC[C@]4(C)C(=O)CC[C@H]4[C@@H]3CC[C@@H]12. The number of hydrogen-bond acceptors (Lipinski definition) is 2. The van der Waals surface area contributed by atoms with E-state index in [0.717, 1.165) is 32.1 Å². The number of Topliss-reactive ketones (excluding diaryl/α,β-unsaturated/α-hetero) is 1. The molecule has 0 unspecified atom stereocenters. The second kappa shape index (κ2) is 4.58. The first kappa shape index (κ1) is 14.7. The Kier molecular flexibility index (Phi) is 3.06. The number of fused-ring (bicyclic) bond motifs is 5. The third kappa shape index (κ3) is 1.68. The minimum Gasteiger partial charge on any atom is -0.342 e. The summed E-state index contributed by atoms with van der Waals surface area (Å²) in [6.07, 6.45) is 8.33. The second-order valence-electron chi connectivity index (χ2n) is 8.90. The van der Waals surface area contributed by atoms with Gasteiger partial charge in [-0.15, -0.1) is 0 Å². The maximum absolute atomic E-state index is 12.4. The van der Waals surface area contributed by atoms with Gasteiger partial charge < -0.3 is 4.90 Å². The van der Waals surface area contributed by atoms with Gasteiger partial charge in [0.1, 0.15) is 5.78 Å². The molecule has 3 nitrogen and oxygen atoms in total. The lowest BCUT2D eigenvalue weighted by Crippen LogP contribution is -2.61. The smallest absolute Gasteiger partial charge is 0.222 e. The van der Waals surface area contributed by atoms with Crippen LogP contribution in [0.1, 0.15) is 65.2 Å². The van der Waals surface area contributed by atoms with E-state index in [9.17, 15) is 9.59 Å². The molecule has 4 rings (SSSR count). The summed E-state index contributed by atoms with van der Waals surface area (Å²) >= 11 is 0. The van der Waals surface area contributed by atoms with Gasteiger partial charge in [-0.3, -0.25) is 9.59 Å². The molecule has 3 aliphatic carbocycles. The molecule has 0 N–H and O–H groups in total. The minimum absolute atomic E-state index is 0.0270. The molecule has 3 saturated carbocycles. The van der Waals surface area contributed by atoms with Crippen molar-refractivity contribution in [2.45, 2.75) is 71.3 Å². The van der Waals surface area contributed by atoms with Crippen LogP contribution < -0.4 is 0 Å². The fraction of sp³-hybridized carbons (Fsp3) is 0.895. The predicted octanol–water partition coefficient (Wildman–Crippen LogP) is 3.42. The molecule has 0 aromatic rings. The summed E-state index contributed by atoms with van der Waals surface area (Å²) in [7, 11) is 2.01. The van der Waals surface area contributed by atoms with E-state index in [0.29, 0.717) is 41.9 Å². The Morgan fingerprint density at radius 3 is 2.50 bits per heavy atom. The maximum Gasteiger partial charge on any atom is 0.222 e. The summed E-state index contributed by atoms with van der Waals surface area (Å²) in [6.45, 7) is 4.69. The standard InChI is InChI=1S/C19H29NO2/c1-18-11-9-17(22)20(3)15(18)6-4-12-13-5-7-16(21)19(13,2)10-8-14(12)18/h12-15H,4-11H2,1-3H3/t12-,13-,14-,15+,18+,19-/m0/s1. The summed E-state index contributed by atoms with van der Waals surface area (Å²) in [4.78, 5) is 26.6. The van der Waals surface area contributed by atoms with Crippen molar-refractivity contribution in [1.82, 2.24) is 4.90 Å². The molecule has 6 atom stereocenters. The highest BCUT2D eigenvalue weighted by molar-refractivity contribution is 5.87. The minimum atomic E-state index is -0.0270. The quantitative estimate of drug-likeness (QED) is 0.687. The molecule has 122 valence electrons. The van der Waals surface area contributed by atoms with Crippen LogP contribution in [0.3, 0.4) is 0 Å². The third-order valence-electron chi connectivity index (χ3n) is 8.27. The Balaban J connectivity index is 1.67. The van der Waals surface area contributed by atoms with Gasteiger partial charge in [-0.05, 0) is 61.7 Å². The fourth-order valence-electron chi connectivity index (χ4n) is 6.92. The number of likely N-dealkylation sites (tertiary alicyclic amines) is 1. The van der Waals surface area contributed by atoms with Crippen molar-refractivity contribution in [3.05, 3.63) is 0 Å². The molecular formula is C19H29NO2. The zero-order valence-corrected chi connectivity index (χ0v) is 14.2. The van der Waals surface area contributed by atoms with Crippen molar-refractivity contribution >= 4 is 11.7 Å². The topological polar surface area (TPSA) is 37.4 Å². The van der Waals surface area contributed by atoms with Gasteiger partial charge in [0.15, 0.2) is 0 Å². The predicted molar refractivity (Wildman–Crippen MR) is 85.2 cm³/mol. The van der Waals surface area contributed by atoms with E-state index in [-0.39, 0.29) is 10.8 Å². The van der Waals surface area contributed by atoms with Crippen molar-refractivity contribution in [2.24, 2.45) is 28.6 Å². The Bertz CT molecular complexity index is 530. The number of amides is 1. The number of rotatable bonds is 0. The molecule has 3 heteroatoms. The van der Waals surface area contributed by atoms with Gasteiger partial charge in [-0.1, -0.05) is 13.8 Å². The van der Waals surface area contributed by atoms with E-state index in [1.165, 1.54) is 12.8 Å². The highest BCUT2D eigenvalue weighted by atomic mass is 16.2. The van der Waals surface area contributed by atoms with E-state index in [1.807, 2.05) is 11.9 Å². The molecule has 0 aromatic heterocycles. The molecule has 22 heavy (non-hydrogen) atoms. The zero-order valence-electron chi connectivity index (χ0n) is 14.2. The van der Waals surface area contributed by atoms with Crippen molar-refractivity contribution in [1.29, 1.82) is 0 Å². The second-order valence-corrected chi connectivity index (χ2v) is 8.90. The summed E-state index contributed by atoms with van der Waals surface area (Å²) in [5.74, 6) is 2.90. The van der Waals surface area contributed by atoms with Crippen molar-refractivity contribution in [3.8, 4) is 0 Å². The van der Waals surface area contributed by atoms with Crippen LogP contribution in [0.2, 0.25) is 0 Å². The normalized spacial score (nSPS) is 51.3. The lowest BCUT2D eigenvalue weighted by Gasteiger charge is -2.61. The molecule has 0 bridgehead atoms. The van der Waals surface area contributed by atoms with E-state index in [2.05, 4.69) is 13.8 Å². The number of nitrogens with zero attached hydrogens (tertiary/aromatic N) is 1. The van der Waals surface area contributed by atoms with Gasteiger partial charge >= 0.3 is 0 Å².